The second kappa shape index (κ2) is 5.45. The van der Waals surface area contributed by atoms with E-state index in [0.29, 0.717) is 11.3 Å². The molecular formula is C13H22N2O2. The maximum Gasteiger partial charge on any atom is 0.249 e. The normalized spacial score (nSPS) is 11.7. The fourth-order valence-electron chi connectivity index (χ4n) is 2.05. The average molecular weight is 238 g/mol. The lowest BCUT2D eigenvalue weighted by Crippen LogP contribution is -2.43. The molecule has 0 saturated carbocycles. The molecule has 0 aliphatic carbocycles. The zero-order valence-electron chi connectivity index (χ0n) is 11.4. The third-order valence-electron chi connectivity index (χ3n) is 2.98. The van der Waals surface area contributed by atoms with Crippen LogP contribution in [0.15, 0.2) is 9.59 Å². The molecule has 1 rings (SSSR count). The lowest BCUT2D eigenvalue weighted by atomic mass is 9.95. The van der Waals surface area contributed by atoms with E-state index >= 15 is 0 Å². The van der Waals surface area contributed by atoms with Crippen LogP contribution in [0.3, 0.4) is 0 Å². The number of rotatable bonds is 6. The lowest BCUT2D eigenvalue weighted by molar-refractivity contribution is 0.401. The SMILES string of the molecule is CC(C)c1c(N(C)CCCN(C)C)c(=O)c1=O. The summed E-state index contributed by atoms with van der Waals surface area (Å²) in [6, 6.07) is 0. The Hall–Kier alpha value is -1.16. The van der Waals surface area contributed by atoms with Crippen molar-refractivity contribution in [3.05, 3.63) is 26.0 Å². The molecule has 1 aromatic carbocycles. The van der Waals surface area contributed by atoms with Crippen molar-refractivity contribution in [1.82, 2.24) is 4.90 Å². The second-order valence-electron chi connectivity index (χ2n) is 5.15. The summed E-state index contributed by atoms with van der Waals surface area (Å²) >= 11 is 0. The van der Waals surface area contributed by atoms with Gasteiger partial charge in [-0.25, -0.2) is 0 Å². The fraction of sp³-hybridized carbons (Fsp3) is 0.692. The van der Waals surface area contributed by atoms with Crippen LogP contribution in [-0.2, 0) is 0 Å². The molecule has 0 unspecified atom stereocenters. The Balaban J connectivity index is 2.70. The Morgan fingerprint density at radius 3 is 2.06 bits per heavy atom. The van der Waals surface area contributed by atoms with Crippen LogP contribution in [0.1, 0.15) is 31.7 Å². The number of hydrogen-bond acceptors (Lipinski definition) is 4. The lowest BCUT2D eigenvalue weighted by Gasteiger charge is -2.25. The predicted octanol–water partition coefficient (Wildman–Crippen LogP) is 0.794. The molecule has 1 aromatic rings. The topological polar surface area (TPSA) is 40.6 Å². The van der Waals surface area contributed by atoms with E-state index in [0.717, 1.165) is 19.5 Å². The summed E-state index contributed by atoms with van der Waals surface area (Å²) in [6.45, 7) is 5.69. The van der Waals surface area contributed by atoms with Crippen LogP contribution < -0.4 is 15.8 Å². The van der Waals surface area contributed by atoms with Gasteiger partial charge in [-0.1, -0.05) is 13.8 Å². The smallest absolute Gasteiger partial charge is 0.249 e. The first-order valence-electron chi connectivity index (χ1n) is 6.05. The number of nitrogens with zero attached hydrogens (tertiary/aromatic N) is 2. The zero-order chi connectivity index (χ0) is 13.2. The number of anilines is 1. The van der Waals surface area contributed by atoms with E-state index in [1.807, 2.05) is 39.9 Å². The molecule has 0 bridgehead atoms. The minimum atomic E-state index is -0.318. The van der Waals surface area contributed by atoms with Crippen molar-refractivity contribution >= 4 is 5.69 Å². The second-order valence-corrected chi connectivity index (χ2v) is 5.15. The zero-order valence-corrected chi connectivity index (χ0v) is 11.4. The van der Waals surface area contributed by atoms with Crippen LogP contribution in [0.25, 0.3) is 0 Å². The van der Waals surface area contributed by atoms with E-state index in [2.05, 4.69) is 4.90 Å². The van der Waals surface area contributed by atoms with Crippen LogP contribution in [0.4, 0.5) is 5.69 Å². The molecular weight excluding hydrogens is 216 g/mol. The Kier molecular flexibility index (Phi) is 4.46. The van der Waals surface area contributed by atoms with E-state index in [-0.39, 0.29) is 16.8 Å². The van der Waals surface area contributed by atoms with Gasteiger partial charge < -0.3 is 9.80 Å². The van der Waals surface area contributed by atoms with Gasteiger partial charge in [-0.15, -0.1) is 0 Å². The third-order valence-corrected chi connectivity index (χ3v) is 2.98. The highest BCUT2D eigenvalue weighted by atomic mass is 16.2. The minimum Gasteiger partial charge on any atom is -0.371 e. The highest BCUT2D eigenvalue weighted by Crippen LogP contribution is 2.21. The predicted molar refractivity (Wildman–Crippen MR) is 71.9 cm³/mol. The average Bonchev–Trinajstić information content (AvgIpc) is 2.22. The standard InChI is InChI=1S/C13H22N2O2/c1-9(2)10-11(13(17)12(10)16)15(5)8-6-7-14(3)4/h9H,6-8H2,1-5H3. The van der Waals surface area contributed by atoms with Crippen LogP contribution >= 0.6 is 0 Å². The van der Waals surface area contributed by atoms with Gasteiger partial charge in [0.1, 0.15) is 0 Å². The summed E-state index contributed by atoms with van der Waals surface area (Å²) in [5, 5.41) is 0. The van der Waals surface area contributed by atoms with Crippen LogP contribution in [0.5, 0.6) is 0 Å². The molecule has 0 atom stereocenters. The molecule has 4 nitrogen and oxygen atoms in total. The van der Waals surface area contributed by atoms with Gasteiger partial charge in [0.05, 0.1) is 5.69 Å². The molecule has 0 aromatic heterocycles. The molecule has 0 radical (unpaired) electrons. The van der Waals surface area contributed by atoms with Crippen LogP contribution in [-0.4, -0.2) is 39.1 Å². The highest BCUT2D eigenvalue weighted by Gasteiger charge is 2.25. The molecule has 0 amide bonds. The molecule has 0 saturated heterocycles. The Bertz CT molecular complexity index is 442. The molecule has 17 heavy (non-hydrogen) atoms. The van der Waals surface area contributed by atoms with Gasteiger partial charge >= 0.3 is 0 Å². The van der Waals surface area contributed by atoms with Gasteiger partial charge in [0.2, 0.25) is 10.9 Å². The van der Waals surface area contributed by atoms with Gasteiger partial charge in [-0.05, 0) is 33.0 Å². The van der Waals surface area contributed by atoms with E-state index in [9.17, 15) is 9.59 Å². The monoisotopic (exact) mass is 238 g/mol. The van der Waals surface area contributed by atoms with E-state index in [1.165, 1.54) is 0 Å². The molecule has 0 fully saturated rings. The summed E-state index contributed by atoms with van der Waals surface area (Å²) in [4.78, 5) is 27.0. The van der Waals surface area contributed by atoms with E-state index in [4.69, 9.17) is 0 Å². The maximum absolute atomic E-state index is 11.6. The fourth-order valence-corrected chi connectivity index (χ4v) is 2.05. The first kappa shape index (κ1) is 13.9. The summed E-state index contributed by atoms with van der Waals surface area (Å²) in [5.41, 5.74) is 0.710. The van der Waals surface area contributed by atoms with Gasteiger partial charge in [-0.2, -0.15) is 0 Å². The van der Waals surface area contributed by atoms with Crippen molar-refractivity contribution in [3.8, 4) is 0 Å². The highest BCUT2D eigenvalue weighted by molar-refractivity contribution is 5.59. The third kappa shape index (κ3) is 2.94. The van der Waals surface area contributed by atoms with Crippen LogP contribution in [0.2, 0.25) is 0 Å². The quantitative estimate of drug-likeness (QED) is 0.687. The van der Waals surface area contributed by atoms with Gasteiger partial charge in [0.25, 0.3) is 0 Å². The molecule has 4 heteroatoms. The Morgan fingerprint density at radius 1 is 1.00 bits per heavy atom. The van der Waals surface area contributed by atoms with Crippen molar-refractivity contribution in [1.29, 1.82) is 0 Å². The van der Waals surface area contributed by atoms with Crippen molar-refractivity contribution in [2.75, 3.05) is 39.1 Å². The largest absolute Gasteiger partial charge is 0.371 e. The van der Waals surface area contributed by atoms with Gasteiger partial charge in [0.15, 0.2) is 0 Å². The molecule has 0 spiro atoms. The summed E-state index contributed by atoms with van der Waals surface area (Å²) in [7, 11) is 5.94. The first-order valence-corrected chi connectivity index (χ1v) is 6.05. The maximum atomic E-state index is 11.6. The van der Waals surface area contributed by atoms with E-state index in [1.54, 1.807) is 0 Å². The molecule has 0 heterocycles. The van der Waals surface area contributed by atoms with Gasteiger partial charge in [-0.3, -0.25) is 9.59 Å². The molecule has 0 aliphatic heterocycles. The Morgan fingerprint density at radius 2 is 1.59 bits per heavy atom. The molecule has 96 valence electrons. The van der Waals surface area contributed by atoms with Crippen molar-refractivity contribution in [2.24, 2.45) is 0 Å². The summed E-state index contributed by atoms with van der Waals surface area (Å²) in [5.74, 6) is 0.131. The molecule has 0 N–H and O–H groups in total. The first-order chi connectivity index (χ1) is 7.86. The van der Waals surface area contributed by atoms with E-state index < -0.39 is 0 Å². The van der Waals surface area contributed by atoms with Crippen molar-refractivity contribution < 1.29 is 0 Å². The summed E-state index contributed by atoms with van der Waals surface area (Å²) < 4.78 is 0. The number of hydrogen-bond donors (Lipinski definition) is 0. The van der Waals surface area contributed by atoms with Gasteiger partial charge in [0, 0.05) is 19.2 Å². The summed E-state index contributed by atoms with van der Waals surface area (Å²) in [6.07, 6.45) is 0.986. The minimum absolute atomic E-state index is 0.131. The van der Waals surface area contributed by atoms with Crippen molar-refractivity contribution in [3.63, 3.8) is 0 Å². The Labute approximate surface area is 103 Å². The molecule has 0 aliphatic rings. The van der Waals surface area contributed by atoms with Crippen LogP contribution in [0, 0.1) is 0 Å². The van der Waals surface area contributed by atoms with Crippen molar-refractivity contribution in [2.45, 2.75) is 26.2 Å².